The lowest BCUT2D eigenvalue weighted by molar-refractivity contribution is 0.158. The molecule has 1 saturated carbocycles. The Labute approximate surface area is 83.6 Å². The van der Waals surface area contributed by atoms with Crippen molar-refractivity contribution in [1.82, 2.24) is 0 Å². The minimum Gasteiger partial charge on any atom is -0.388 e. The van der Waals surface area contributed by atoms with Crippen LogP contribution in [0.3, 0.4) is 0 Å². The predicted octanol–water partition coefficient (Wildman–Crippen LogP) is 3.05. The summed E-state index contributed by atoms with van der Waals surface area (Å²) in [6.07, 6.45) is 3.64. The number of rotatable bonds is 4. The van der Waals surface area contributed by atoms with Crippen LogP contribution in [0.1, 0.15) is 37.4 Å². The first kappa shape index (κ1) is 9.66. The summed E-state index contributed by atoms with van der Waals surface area (Å²) in [5, 5.41) is 9.74. The fourth-order valence-electron chi connectivity index (χ4n) is 1.70. The van der Waals surface area contributed by atoms with Crippen LogP contribution >= 0.6 is 0 Å². The molecule has 76 valence electrons. The maximum absolute atomic E-state index is 13.2. The van der Waals surface area contributed by atoms with Gasteiger partial charge in [0, 0.05) is 5.56 Å². The summed E-state index contributed by atoms with van der Waals surface area (Å²) in [5.74, 6) is 0.493. The van der Waals surface area contributed by atoms with E-state index < -0.39 is 6.10 Å². The van der Waals surface area contributed by atoms with Crippen molar-refractivity contribution in [1.29, 1.82) is 0 Å². The molecular formula is C12H15FO. The zero-order valence-electron chi connectivity index (χ0n) is 8.12. The normalized spacial score (nSPS) is 18.1. The molecule has 1 fully saturated rings. The second kappa shape index (κ2) is 4.09. The summed E-state index contributed by atoms with van der Waals surface area (Å²) in [5.41, 5.74) is 0.438. The van der Waals surface area contributed by atoms with Gasteiger partial charge in [-0.15, -0.1) is 0 Å². The van der Waals surface area contributed by atoms with Crippen molar-refractivity contribution in [3.05, 3.63) is 35.6 Å². The molecule has 0 radical (unpaired) electrons. The molecule has 1 aromatic rings. The monoisotopic (exact) mass is 194 g/mol. The SMILES string of the molecule is OC(CCC1CC1)c1ccccc1F. The third kappa shape index (κ3) is 2.32. The molecule has 0 heterocycles. The second-order valence-electron chi connectivity index (χ2n) is 4.06. The third-order valence-electron chi connectivity index (χ3n) is 2.81. The first-order chi connectivity index (χ1) is 6.77. The summed E-state index contributed by atoms with van der Waals surface area (Å²) in [7, 11) is 0. The van der Waals surface area contributed by atoms with E-state index in [1.807, 2.05) is 0 Å². The maximum atomic E-state index is 13.2. The molecule has 1 atom stereocenters. The molecule has 1 aromatic carbocycles. The van der Waals surface area contributed by atoms with Gasteiger partial charge in [-0.25, -0.2) is 4.39 Å². The molecule has 0 spiro atoms. The lowest BCUT2D eigenvalue weighted by Gasteiger charge is -2.10. The first-order valence-corrected chi connectivity index (χ1v) is 5.20. The van der Waals surface area contributed by atoms with Crippen molar-refractivity contribution in [2.75, 3.05) is 0 Å². The Hall–Kier alpha value is -0.890. The van der Waals surface area contributed by atoms with E-state index in [4.69, 9.17) is 0 Å². The Kier molecular flexibility index (Phi) is 2.82. The smallest absolute Gasteiger partial charge is 0.128 e. The van der Waals surface area contributed by atoms with Gasteiger partial charge in [-0.1, -0.05) is 31.0 Å². The van der Waals surface area contributed by atoms with Gasteiger partial charge in [0.15, 0.2) is 0 Å². The topological polar surface area (TPSA) is 20.2 Å². The Balaban J connectivity index is 1.95. The van der Waals surface area contributed by atoms with E-state index in [9.17, 15) is 9.50 Å². The zero-order chi connectivity index (χ0) is 9.97. The van der Waals surface area contributed by atoms with Gasteiger partial charge >= 0.3 is 0 Å². The second-order valence-corrected chi connectivity index (χ2v) is 4.06. The highest BCUT2D eigenvalue weighted by molar-refractivity contribution is 5.19. The van der Waals surface area contributed by atoms with Crippen molar-refractivity contribution < 1.29 is 9.50 Å². The highest BCUT2D eigenvalue weighted by Gasteiger charge is 2.23. The van der Waals surface area contributed by atoms with Crippen LogP contribution in [0.25, 0.3) is 0 Å². The van der Waals surface area contributed by atoms with Crippen LogP contribution in [0.2, 0.25) is 0 Å². The Morgan fingerprint density at radius 2 is 2.07 bits per heavy atom. The average molecular weight is 194 g/mol. The van der Waals surface area contributed by atoms with Crippen LogP contribution in [-0.2, 0) is 0 Å². The van der Waals surface area contributed by atoms with Crippen molar-refractivity contribution in [2.45, 2.75) is 31.8 Å². The molecular weight excluding hydrogens is 179 g/mol. The maximum Gasteiger partial charge on any atom is 0.128 e. The van der Waals surface area contributed by atoms with E-state index in [-0.39, 0.29) is 5.82 Å². The van der Waals surface area contributed by atoms with E-state index in [2.05, 4.69) is 0 Å². The number of benzene rings is 1. The third-order valence-corrected chi connectivity index (χ3v) is 2.81. The molecule has 2 rings (SSSR count). The molecule has 1 unspecified atom stereocenters. The van der Waals surface area contributed by atoms with Gasteiger partial charge in [0.2, 0.25) is 0 Å². The summed E-state index contributed by atoms with van der Waals surface area (Å²) in [4.78, 5) is 0. The molecule has 0 aliphatic heterocycles. The van der Waals surface area contributed by atoms with Gasteiger partial charge < -0.3 is 5.11 Å². The first-order valence-electron chi connectivity index (χ1n) is 5.20. The fraction of sp³-hybridized carbons (Fsp3) is 0.500. The minimum absolute atomic E-state index is 0.296. The van der Waals surface area contributed by atoms with Crippen LogP contribution < -0.4 is 0 Å². The van der Waals surface area contributed by atoms with E-state index in [1.165, 1.54) is 18.9 Å². The number of aliphatic hydroxyl groups excluding tert-OH is 1. The molecule has 1 aliphatic carbocycles. The number of aliphatic hydroxyl groups is 1. The van der Waals surface area contributed by atoms with Crippen molar-refractivity contribution in [3.8, 4) is 0 Å². The van der Waals surface area contributed by atoms with E-state index in [0.29, 0.717) is 12.0 Å². The zero-order valence-corrected chi connectivity index (χ0v) is 8.12. The molecule has 0 saturated heterocycles. The Morgan fingerprint density at radius 3 is 2.71 bits per heavy atom. The number of hydrogen-bond acceptors (Lipinski definition) is 1. The van der Waals surface area contributed by atoms with Gasteiger partial charge in [0.05, 0.1) is 6.10 Å². The van der Waals surface area contributed by atoms with E-state index in [1.54, 1.807) is 18.2 Å². The van der Waals surface area contributed by atoms with Gasteiger partial charge in [-0.2, -0.15) is 0 Å². The van der Waals surface area contributed by atoms with E-state index in [0.717, 1.165) is 12.3 Å². The Bertz CT molecular complexity index is 307. The van der Waals surface area contributed by atoms with Crippen molar-refractivity contribution in [3.63, 3.8) is 0 Å². The highest BCUT2D eigenvalue weighted by atomic mass is 19.1. The Morgan fingerprint density at radius 1 is 1.36 bits per heavy atom. The van der Waals surface area contributed by atoms with Gasteiger partial charge in [0.1, 0.15) is 5.82 Å². The molecule has 2 heteroatoms. The highest BCUT2D eigenvalue weighted by Crippen LogP contribution is 2.36. The molecule has 1 nitrogen and oxygen atoms in total. The van der Waals surface area contributed by atoms with Crippen LogP contribution in [0.5, 0.6) is 0 Å². The van der Waals surface area contributed by atoms with E-state index >= 15 is 0 Å². The summed E-state index contributed by atoms with van der Waals surface area (Å²) >= 11 is 0. The van der Waals surface area contributed by atoms with Crippen LogP contribution in [0.15, 0.2) is 24.3 Å². The van der Waals surface area contributed by atoms with Crippen molar-refractivity contribution >= 4 is 0 Å². The molecule has 0 amide bonds. The van der Waals surface area contributed by atoms with Crippen LogP contribution in [0.4, 0.5) is 4.39 Å². The molecule has 0 aromatic heterocycles. The predicted molar refractivity (Wildman–Crippen MR) is 53.3 cm³/mol. The molecule has 0 bridgehead atoms. The summed E-state index contributed by atoms with van der Waals surface area (Å²) < 4.78 is 13.2. The lowest BCUT2D eigenvalue weighted by Crippen LogP contribution is -2.00. The summed E-state index contributed by atoms with van der Waals surface area (Å²) in [6.45, 7) is 0. The number of hydrogen-bond donors (Lipinski definition) is 1. The standard InChI is InChI=1S/C12H15FO/c13-11-4-2-1-3-10(11)12(14)8-7-9-5-6-9/h1-4,9,12,14H,5-8H2. The minimum atomic E-state index is -0.628. The largest absolute Gasteiger partial charge is 0.388 e. The van der Waals surface area contributed by atoms with Crippen molar-refractivity contribution in [2.24, 2.45) is 5.92 Å². The van der Waals surface area contributed by atoms with Crippen LogP contribution in [0, 0.1) is 11.7 Å². The lowest BCUT2D eigenvalue weighted by atomic mass is 10.0. The van der Waals surface area contributed by atoms with Crippen LogP contribution in [-0.4, -0.2) is 5.11 Å². The van der Waals surface area contributed by atoms with Gasteiger partial charge in [-0.05, 0) is 24.8 Å². The molecule has 14 heavy (non-hydrogen) atoms. The molecule has 1 N–H and O–H groups in total. The van der Waals surface area contributed by atoms with Gasteiger partial charge in [-0.3, -0.25) is 0 Å². The quantitative estimate of drug-likeness (QED) is 0.781. The number of halogens is 1. The average Bonchev–Trinajstić information content (AvgIpc) is 2.98. The molecule has 1 aliphatic rings. The van der Waals surface area contributed by atoms with Gasteiger partial charge in [0.25, 0.3) is 0 Å². The summed E-state index contributed by atoms with van der Waals surface area (Å²) in [6, 6.07) is 6.47. The fourth-order valence-corrected chi connectivity index (χ4v) is 1.70.